The molecular formula is C9H9Pd+. The molecule has 10 heavy (non-hydrogen) atoms. The van der Waals surface area contributed by atoms with E-state index in [1.54, 1.807) is 6.08 Å². The number of hydrogen-bond donors (Lipinski definition) is 0. The van der Waals surface area contributed by atoms with E-state index >= 15 is 0 Å². The van der Waals surface area contributed by atoms with Gasteiger partial charge in [-0.3, -0.25) is 0 Å². The fourth-order valence-corrected chi connectivity index (χ4v) is 0.684. The average Bonchev–Trinajstić information content (AvgIpc) is 2.03. The van der Waals surface area contributed by atoms with Crippen LogP contribution in [0.5, 0.6) is 0 Å². The van der Waals surface area contributed by atoms with Gasteiger partial charge in [0.1, 0.15) is 0 Å². The summed E-state index contributed by atoms with van der Waals surface area (Å²) in [7, 11) is 0. The van der Waals surface area contributed by atoms with Gasteiger partial charge in [0.05, 0.1) is 1.37 Å². The Morgan fingerprint density at radius 3 is 3.20 bits per heavy atom. The molecule has 0 N–H and O–H groups in total. The number of allylic oxidation sites excluding steroid dienone is 1. The van der Waals surface area contributed by atoms with Crippen molar-refractivity contribution in [2.75, 3.05) is 0 Å². The number of benzene rings is 1. The maximum atomic E-state index is 6.76. The molecule has 0 nitrogen and oxygen atoms in total. The Balaban J connectivity index is 0.000001000. The first-order valence-electron chi connectivity index (χ1n) is 3.50. The summed E-state index contributed by atoms with van der Waals surface area (Å²) in [5.74, 6) is 0. The summed E-state index contributed by atoms with van der Waals surface area (Å²) in [6.45, 7) is 1.31. The Labute approximate surface area is 77.0 Å². The van der Waals surface area contributed by atoms with Crippen LogP contribution in [0, 0.1) is 6.07 Å². The van der Waals surface area contributed by atoms with Crippen LogP contribution in [0.25, 0.3) is 0 Å². The molecule has 1 aromatic rings. The Hall–Kier alpha value is -0.378. The van der Waals surface area contributed by atoms with Crippen LogP contribution in [0.4, 0.5) is 0 Å². The van der Waals surface area contributed by atoms with Gasteiger partial charge < -0.3 is 0 Å². The van der Waals surface area contributed by atoms with E-state index < -0.39 is 0 Å². The second-order valence-corrected chi connectivity index (χ2v) is 1.83. The zero-order valence-electron chi connectivity index (χ0n) is 6.49. The van der Waals surface area contributed by atoms with E-state index in [2.05, 4.69) is 6.07 Å². The Morgan fingerprint density at radius 2 is 2.60 bits per heavy atom. The molecule has 0 aliphatic carbocycles. The van der Waals surface area contributed by atoms with Crippen LogP contribution in [0.1, 0.15) is 6.93 Å². The third-order valence-electron chi connectivity index (χ3n) is 1.11. The van der Waals surface area contributed by atoms with Gasteiger partial charge in [-0.25, -0.2) is 0 Å². The molecule has 0 atom stereocenters. The van der Waals surface area contributed by atoms with E-state index in [0.717, 1.165) is 12.0 Å². The van der Waals surface area contributed by atoms with Gasteiger partial charge in [0.2, 0.25) is 0 Å². The molecule has 0 spiro atoms. The molecule has 0 aliphatic rings. The summed E-state index contributed by atoms with van der Waals surface area (Å²) in [6.07, 6.45) is 2.61. The van der Waals surface area contributed by atoms with Crippen molar-refractivity contribution in [1.82, 2.24) is 0 Å². The topological polar surface area (TPSA) is 0 Å². The molecule has 0 aliphatic heterocycles. The molecule has 54 valence electrons. The zero-order valence-corrected chi connectivity index (χ0v) is 7.04. The van der Waals surface area contributed by atoms with Gasteiger partial charge >= 0.3 is 20.4 Å². The molecule has 0 fully saturated rings. The molecule has 0 unspecified atom stereocenters. The van der Waals surface area contributed by atoms with Crippen molar-refractivity contribution >= 4 is 0 Å². The second-order valence-electron chi connectivity index (χ2n) is 1.83. The maximum Gasteiger partial charge on any atom is 2.00 e. The third kappa shape index (κ3) is 2.96. The zero-order chi connectivity index (χ0) is 7.23. The van der Waals surface area contributed by atoms with E-state index in [1.807, 2.05) is 24.3 Å². The summed E-state index contributed by atoms with van der Waals surface area (Å²) in [4.78, 5) is 0. The first kappa shape index (κ1) is 7.73. The summed E-state index contributed by atoms with van der Waals surface area (Å²) in [6, 6.07) is 10.9. The van der Waals surface area contributed by atoms with Crippen molar-refractivity contribution < 1.29 is 21.8 Å². The fourth-order valence-electron chi connectivity index (χ4n) is 0.684. The van der Waals surface area contributed by atoms with Crippen LogP contribution in [-0.2, 0) is 26.8 Å². The number of rotatable bonds is 2. The van der Waals surface area contributed by atoms with Crippen molar-refractivity contribution in [1.29, 1.82) is 0 Å². The van der Waals surface area contributed by atoms with Crippen LogP contribution in [0.2, 0.25) is 0 Å². The van der Waals surface area contributed by atoms with Crippen LogP contribution in [0.15, 0.2) is 36.9 Å². The first-order chi connectivity index (χ1) is 4.93. The van der Waals surface area contributed by atoms with E-state index in [9.17, 15) is 0 Å². The van der Waals surface area contributed by atoms with E-state index in [-0.39, 0.29) is 20.4 Å². The van der Waals surface area contributed by atoms with Crippen molar-refractivity contribution in [2.24, 2.45) is 0 Å². The van der Waals surface area contributed by atoms with Gasteiger partial charge in [0, 0.05) is 0 Å². The quantitative estimate of drug-likeness (QED) is 0.411. The van der Waals surface area contributed by atoms with Gasteiger partial charge in [-0.15, -0.1) is 6.55 Å². The van der Waals surface area contributed by atoms with Crippen LogP contribution in [-0.4, -0.2) is 0 Å². The molecule has 1 rings (SSSR count). The molecule has 0 radical (unpaired) electrons. The predicted octanol–water partition coefficient (Wildman–Crippen LogP) is 2.21. The molecule has 0 aromatic heterocycles. The summed E-state index contributed by atoms with van der Waals surface area (Å²) >= 11 is 0. The van der Waals surface area contributed by atoms with Crippen molar-refractivity contribution in [3.05, 3.63) is 48.5 Å². The van der Waals surface area contributed by atoms with Crippen molar-refractivity contribution in [2.45, 2.75) is 6.42 Å². The van der Waals surface area contributed by atoms with Crippen molar-refractivity contribution in [3.63, 3.8) is 0 Å². The molecule has 1 aromatic carbocycles. The summed E-state index contributed by atoms with van der Waals surface area (Å²) in [5.41, 5.74) is 1.13. The minimum atomic E-state index is 0. The molecular weight excluding hydrogens is 215 g/mol. The molecule has 0 heterocycles. The first-order valence-corrected chi connectivity index (χ1v) is 2.92. The summed E-state index contributed by atoms with van der Waals surface area (Å²) < 4.78 is 6.76. The number of hydrogen-bond acceptors (Lipinski definition) is 0. The average molecular weight is 225 g/mol. The minimum absolute atomic E-state index is 0. The standard InChI is InChI=1S/C9H9.Pd/c1-2-6-9-7-4-3-5-8-9;/h2-5,7H,1,6H2;/q-1;+2/i1D;. The van der Waals surface area contributed by atoms with Crippen LogP contribution < -0.4 is 0 Å². The van der Waals surface area contributed by atoms with E-state index in [1.165, 1.54) is 6.55 Å². The minimum Gasteiger partial charge on any atom is -0.180 e. The van der Waals surface area contributed by atoms with Crippen LogP contribution in [0.3, 0.4) is 0 Å². The molecule has 0 bridgehead atoms. The SMILES string of the molecule is [2H]C=CCc1[c-]cccc1.[Pd+2]. The van der Waals surface area contributed by atoms with Gasteiger partial charge in [-0.2, -0.15) is 35.9 Å². The Bertz CT molecular complexity index is 206. The Kier molecular flexibility index (Phi) is 4.18. The fraction of sp³-hybridized carbons (Fsp3) is 0.111. The Morgan fingerprint density at radius 1 is 1.70 bits per heavy atom. The molecule has 0 saturated carbocycles. The molecule has 0 saturated heterocycles. The van der Waals surface area contributed by atoms with Gasteiger partial charge in [-0.1, -0.05) is 6.08 Å². The van der Waals surface area contributed by atoms with Gasteiger partial charge in [-0.05, 0) is 6.42 Å². The van der Waals surface area contributed by atoms with Crippen LogP contribution >= 0.6 is 0 Å². The second kappa shape index (κ2) is 5.41. The largest absolute Gasteiger partial charge is 2.00 e. The smallest absolute Gasteiger partial charge is 0.180 e. The molecule has 0 amide bonds. The predicted molar refractivity (Wildman–Crippen MR) is 39.2 cm³/mol. The van der Waals surface area contributed by atoms with E-state index in [4.69, 9.17) is 1.37 Å². The monoisotopic (exact) mass is 224 g/mol. The van der Waals surface area contributed by atoms with Gasteiger partial charge in [0.15, 0.2) is 0 Å². The van der Waals surface area contributed by atoms with E-state index in [0.29, 0.717) is 0 Å². The van der Waals surface area contributed by atoms with Crippen molar-refractivity contribution in [3.8, 4) is 0 Å². The summed E-state index contributed by atoms with van der Waals surface area (Å²) in [5, 5.41) is 0. The normalized spacial score (nSPS) is 10.6. The van der Waals surface area contributed by atoms with Gasteiger partial charge in [0.25, 0.3) is 0 Å². The molecule has 1 heteroatoms. The third-order valence-corrected chi connectivity index (χ3v) is 1.11. The maximum absolute atomic E-state index is 6.76.